The first kappa shape index (κ1) is 14.7. The zero-order chi connectivity index (χ0) is 13.8. The molecule has 0 radical (unpaired) electrons. The third-order valence-corrected chi connectivity index (χ3v) is 4.94. The predicted molar refractivity (Wildman–Crippen MR) is 73.6 cm³/mol. The van der Waals surface area contributed by atoms with Crippen LogP contribution in [-0.4, -0.2) is 23.2 Å². The van der Waals surface area contributed by atoms with E-state index in [4.69, 9.17) is 5.11 Å². The Hall–Kier alpha value is -1.40. The second kappa shape index (κ2) is 5.97. The number of aliphatic hydroxyl groups is 1. The number of rotatable bonds is 4. The van der Waals surface area contributed by atoms with Crippen molar-refractivity contribution >= 4 is 22.5 Å². The minimum Gasteiger partial charge on any atom is -0.508 e. The Morgan fingerprint density at radius 2 is 1.89 bits per heavy atom. The molecule has 0 aliphatic rings. The van der Waals surface area contributed by atoms with Crippen LogP contribution in [0.5, 0.6) is 5.75 Å². The quantitative estimate of drug-likeness (QED) is 0.451. The van der Waals surface area contributed by atoms with Crippen LogP contribution in [0.1, 0.15) is 6.92 Å². The number of sulfone groups is 1. The summed E-state index contributed by atoms with van der Waals surface area (Å²) in [4.78, 5) is 0.0601. The third-order valence-electron chi connectivity index (χ3n) is 2.21. The standard InChI is InChI=1S/C12H14O4S2/c1-2-9(13)5-8-12(17)18(15,16)11-6-3-10(14)4-7-11/h2-8,12-14,17H,1H3/b8-5-,9-2+. The SMILES string of the molecule is C/C=C(O)\C=C/C(S)S(=O)(=O)c1ccc(O)cc1. The summed E-state index contributed by atoms with van der Waals surface area (Å²) in [6, 6.07) is 5.19. The van der Waals surface area contributed by atoms with Crippen molar-refractivity contribution in [3.63, 3.8) is 0 Å². The van der Waals surface area contributed by atoms with Gasteiger partial charge in [-0.15, -0.1) is 0 Å². The highest BCUT2D eigenvalue weighted by molar-refractivity contribution is 8.05. The average molecular weight is 286 g/mol. The van der Waals surface area contributed by atoms with Crippen LogP contribution in [0.2, 0.25) is 0 Å². The molecule has 0 heterocycles. The third kappa shape index (κ3) is 3.54. The molecule has 1 rings (SSSR count). The summed E-state index contributed by atoms with van der Waals surface area (Å²) in [6.07, 6.45) is 3.99. The van der Waals surface area contributed by atoms with Gasteiger partial charge < -0.3 is 10.2 Å². The van der Waals surface area contributed by atoms with E-state index in [-0.39, 0.29) is 16.4 Å². The number of benzene rings is 1. The minimum atomic E-state index is -3.63. The van der Waals surface area contributed by atoms with E-state index in [1.54, 1.807) is 6.92 Å². The van der Waals surface area contributed by atoms with Gasteiger partial charge in [-0.2, -0.15) is 12.6 Å². The van der Waals surface area contributed by atoms with Gasteiger partial charge in [0.1, 0.15) is 16.1 Å². The van der Waals surface area contributed by atoms with E-state index in [1.165, 1.54) is 42.5 Å². The van der Waals surface area contributed by atoms with Crippen molar-refractivity contribution in [2.45, 2.75) is 16.4 Å². The van der Waals surface area contributed by atoms with E-state index in [0.717, 1.165) is 0 Å². The van der Waals surface area contributed by atoms with Gasteiger partial charge in [-0.05, 0) is 43.3 Å². The molecule has 0 saturated carbocycles. The number of hydrogen-bond donors (Lipinski definition) is 3. The summed E-state index contributed by atoms with van der Waals surface area (Å²) in [6.45, 7) is 1.63. The van der Waals surface area contributed by atoms with Gasteiger partial charge in [-0.1, -0.05) is 6.08 Å². The molecule has 0 amide bonds. The number of allylic oxidation sites excluding steroid dienone is 2. The normalized spacial score (nSPS) is 14.9. The first-order chi connectivity index (χ1) is 8.37. The fraction of sp³-hybridized carbons (Fsp3) is 0.167. The Kier molecular flexibility index (Phi) is 4.86. The van der Waals surface area contributed by atoms with Crippen LogP contribution in [0.15, 0.2) is 53.1 Å². The van der Waals surface area contributed by atoms with Crippen LogP contribution < -0.4 is 0 Å². The van der Waals surface area contributed by atoms with Gasteiger partial charge in [0.05, 0.1) is 4.90 Å². The van der Waals surface area contributed by atoms with Crippen LogP contribution >= 0.6 is 12.6 Å². The van der Waals surface area contributed by atoms with Gasteiger partial charge in [-0.25, -0.2) is 8.42 Å². The zero-order valence-corrected chi connectivity index (χ0v) is 11.4. The molecule has 4 nitrogen and oxygen atoms in total. The highest BCUT2D eigenvalue weighted by atomic mass is 32.2. The summed E-state index contributed by atoms with van der Waals surface area (Å²) in [5.41, 5.74) is 0. The molecule has 2 N–H and O–H groups in total. The highest BCUT2D eigenvalue weighted by Gasteiger charge is 2.21. The Balaban J connectivity index is 3.00. The number of phenolic OH excluding ortho intramolecular Hbond substituents is 1. The summed E-state index contributed by atoms with van der Waals surface area (Å²) in [7, 11) is -3.63. The van der Waals surface area contributed by atoms with Crippen molar-refractivity contribution < 1.29 is 18.6 Å². The fourth-order valence-electron chi connectivity index (χ4n) is 1.16. The van der Waals surface area contributed by atoms with Crippen LogP contribution in [0, 0.1) is 0 Å². The van der Waals surface area contributed by atoms with Crippen molar-refractivity contribution in [1.82, 2.24) is 0 Å². The summed E-state index contributed by atoms with van der Waals surface area (Å²) in [5, 5.41) is 18.3. The lowest BCUT2D eigenvalue weighted by Gasteiger charge is -2.08. The molecule has 18 heavy (non-hydrogen) atoms. The lowest BCUT2D eigenvalue weighted by Crippen LogP contribution is -2.13. The maximum Gasteiger partial charge on any atom is 0.193 e. The molecule has 1 aromatic rings. The van der Waals surface area contributed by atoms with E-state index in [2.05, 4.69) is 12.6 Å². The van der Waals surface area contributed by atoms with E-state index in [9.17, 15) is 13.5 Å². The molecular weight excluding hydrogens is 272 g/mol. The van der Waals surface area contributed by atoms with Crippen molar-refractivity contribution in [2.75, 3.05) is 0 Å². The Morgan fingerprint density at radius 1 is 1.33 bits per heavy atom. The lowest BCUT2D eigenvalue weighted by atomic mass is 10.3. The maximum absolute atomic E-state index is 12.0. The van der Waals surface area contributed by atoms with Crippen molar-refractivity contribution in [2.24, 2.45) is 0 Å². The molecule has 1 atom stereocenters. The van der Waals surface area contributed by atoms with Gasteiger partial charge in [0, 0.05) is 0 Å². The summed E-state index contributed by atoms with van der Waals surface area (Å²) in [5.74, 6) is -0.0401. The maximum atomic E-state index is 12.0. The largest absolute Gasteiger partial charge is 0.508 e. The summed E-state index contributed by atoms with van der Waals surface area (Å²) >= 11 is 3.99. The topological polar surface area (TPSA) is 74.6 Å². The minimum absolute atomic E-state index is 0.00762. The molecule has 0 spiro atoms. The van der Waals surface area contributed by atoms with Crippen molar-refractivity contribution in [3.05, 3.63) is 48.3 Å². The zero-order valence-electron chi connectivity index (χ0n) is 9.69. The Bertz CT molecular complexity index is 556. The summed E-state index contributed by atoms with van der Waals surface area (Å²) < 4.78 is 23.0. The fourth-order valence-corrected chi connectivity index (χ4v) is 2.69. The van der Waals surface area contributed by atoms with Crippen molar-refractivity contribution in [1.29, 1.82) is 0 Å². The molecular formula is C12H14O4S2. The predicted octanol–water partition coefficient (Wildman–Crippen LogP) is 2.44. The van der Waals surface area contributed by atoms with Crippen LogP contribution in [0.3, 0.4) is 0 Å². The first-order valence-corrected chi connectivity index (χ1v) is 7.18. The number of hydrogen-bond acceptors (Lipinski definition) is 5. The Morgan fingerprint density at radius 3 is 2.39 bits per heavy atom. The van der Waals surface area contributed by atoms with Gasteiger partial charge in [0.2, 0.25) is 0 Å². The molecule has 0 saturated heterocycles. The monoisotopic (exact) mass is 286 g/mol. The molecule has 0 aliphatic carbocycles. The molecule has 0 fully saturated rings. The second-order valence-electron chi connectivity index (χ2n) is 3.50. The van der Waals surface area contributed by atoms with Crippen LogP contribution in [-0.2, 0) is 9.84 Å². The molecule has 0 aromatic heterocycles. The van der Waals surface area contributed by atoms with E-state index >= 15 is 0 Å². The van der Waals surface area contributed by atoms with Crippen molar-refractivity contribution in [3.8, 4) is 5.75 Å². The van der Waals surface area contributed by atoms with Gasteiger partial charge in [0.25, 0.3) is 0 Å². The first-order valence-electron chi connectivity index (χ1n) is 5.12. The lowest BCUT2D eigenvalue weighted by molar-refractivity contribution is 0.431. The molecule has 1 aromatic carbocycles. The van der Waals surface area contributed by atoms with Crippen LogP contribution in [0.25, 0.3) is 0 Å². The van der Waals surface area contributed by atoms with Gasteiger partial charge >= 0.3 is 0 Å². The molecule has 1 unspecified atom stereocenters. The molecule has 0 bridgehead atoms. The van der Waals surface area contributed by atoms with E-state index in [1.807, 2.05) is 0 Å². The van der Waals surface area contributed by atoms with Crippen LogP contribution in [0.4, 0.5) is 0 Å². The highest BCUT2D eigenvalue weighted by Crippen LogP contribution is 2.21. The van der Waals surface area contributed by atoms with Gasteiger partial charge in [-0.3, -0.25) is 0 Å². The number of phenols is 1. The number of aromatic hydroxyl groups is 1. The van der Waals surface area contributed by atoms with E-state index < -0.39 is 14.4 Å². The second-order valence-corrected chi connectivity index (χ2v) is 6.48. The smallest absolute Gasteiger partial charge is 0.193 e. The average Bonchev–Trinajstić information content (AvgIpc) is 2.35. The molecule has 98 valence electrons. The molecule has 6 heteroatoms. The van der Waals surface area contributed by atoms with E-state index in [0.29, 0.717) is 0 Å². The number of thiol groups is 1. The number of aliphatic hydroxyl groups excluding tert-OH is 1. The Labute approximate surface area is 112 Å². The molecule has 0 aliphatic heterocycles. The van der Waals surface area contributed by atoms with Gasteiger partial charge in [0.15, 0.2) is 9.84 Å².